The van der Waals surface area contributed by atoms with E-state index in [0.717, 1.165) is 90.1 Å². The fraction of sp³-hybridized carbons (Fsp3) is 0.882. The quantitative estimate of drug-likeness (QED) is 0.0409. The molecule has 45 heavy (non-hydrogen) atoms. The average molecular weight is 658 g/mol. The van der Waals surface area contributed by atoms with Gasteiger partial charge in [-0.25, -0.2) is 0 Å². The Hall–Kier alpha value is -1.78. The maximum Gasteiger partial charge on any atom is 0.471 e. The molecular formula is C34H61F6N3O2. The third kappa shape index (κ3) is 29.4. The SMILES string of the molecule is CCCCCCCC/C=C\CNCCCCCCC(CCCCCCNC(=O)C(F)(F)F)CCCCCCNC(=O)C(F)(F)F. The molecule has 0 aliphatic heterocycles. The van der Waals surface area contributed by atoms with E-state index >= 15 is 0 Å². The fourth-order valence-corrected chi connectivity index (χ4v) is 5.33. The zero-order valence-electron chi connectivity index (χ0n) is 27.7. The molecule has 0 rings (SSSR count). The number of nitrogens with one attached hydrogen (secondary N) is 3. The molecule has 11 heteroatoms. The Morgan fingerprint density at radius 2 is 0.933 bits per heavy atom. The Morgan fingerprint density at radius 1 is 0.533 bits per heavy atom. The van der Waals surface area contributed by atoms with Crippen LogP contribution in [0, 0.1) is 5.92 Å². The van der Waals surface area contributed by atoms with Gasteiger partial charge in [-0.1, -0.05) is 128 Å². The summed E-state index contributed by atoms with van der Waals surface area (Å²) < 4.78 is 73.6. The minimum Gasteiger partial charge on any atom is -0.348 e. The Balaban J connectivity index is 4.10. The summed E-state index contributed by atoms with van der Waals surface area (Å²) >= 11 is 0. The molecule has 5 nitrogen and oxygen atoms in total. The molecule has 0 fully saturated rings. The first-order valence-corrected chi connectivity index (χ1v) is 17.5. The van der Waals surface area contributed by atoms with Crippen molar-refractivity contribution < 1.29 is 35.9 Å². The summed E-state index contributed by atoms with van der Waals surface area (Å²) in [6.07, 6.45) is 18.1. The van der Waals surface area contributed by atoms with Crippen LogP contribution in [0.1, 0.15) is 148 Å². The van der Waals surface area contributed by atoms with E-state index in [9.17, 15) is 35.9 Å². The predicted molar refractivity (Wildman–Crippen MR) is 171 cm³/mol. The first-order valence-electron chi connectivity index (χ1n) is 17.5. The second-order valence-electron chi connectivity index (χ2n) is 12.2. The number of alkyl halides is 6. The van der Waals surface area contributed by atoms with Gasteiger partial charge in [-0.05, 0) is 44.6 Å². The van der Waals surface area contributed by atoms with Crippen LogP contribution in [0.15, 0.2) is 12.2 Å². The van der Waals surface area contributed by atoms with E-state index in [1.807, 2.05) is 10.6 Å². The smallest absolute Gasteiger partial charge is 0.348 e. The highest BCUT2D eigenvalue weighted by Gasteiger charge is 2.38. The van der Waals surface area contributed by atoms with E-state index in [1.165, 1.54) is 51.4 Å². The number of allylic oxidation sites excluding steroid dienone is 1. The Morgan fingerprint density at radius 3 is 1.40 bits per heavy atom. The molecule has 2 amide bonds. The molecule has 0 aromatic rings. The molecule has 0 saturated carbocycles. The van der Waals surface area contributed by atoms with Crippen molar-refractivity contribution in [1.82, 2.24) is 16.0 Å². The van der Waals surface area contributed by atoms with Crippen LogP contribution in [-0.2, 0) is 9.59 Å². The number of carbonyl (C=O) groups excluding carboxylic acids is 2. The summed E-state index contributed by atoms with van der Waals surface area (Å²) in [4.78, 5) is 21.8. The van der Waals surface area contributed by atoms with Gasteiger partial charge < -0.3 is 16.0 Å². The molecule has 3 N–H and O–H groups in total. The lowest BCUT2D eigenvalue weighted by Gasteiger charge is -2.17. The molecule has 0 bridgehead atoms. The van der Waals surface area contributed by atoms with Crippen molar-refractivity contribution in [2.24, 2.45) is 5.92 Å². The van der Waals surface area contributed by atoms with Crippen molar-refractivity contribution in [3.8, 4) is 0 Å². The van der Waals surface area contributed by atoms with Gasteiger partial charge >= 0.3 is 24.2 Å². The third-order valence-electron chi connectivity index (χ3n) is 8.03. The van der Waals surface area contributed by atoms with Crippen LogP contribution in [0.5, 0.6) is 0 Å². The third-order valence-corrected chi connectivity index (χ3v) is 8.03. The highest BCUT2D eigenvalue weighted by atomic mass is 19.4. The van der Waals surface area contributed by atoms with Crippen LogP contribution >= 0.6 is 0 Å². The van der Waals surface area contributed by atoms with Gasteiger partial charge in [-0.15, -0.1) is 0 Å². The van der Waals surface area contributed by atoms with Gasteiger partial charge in [-0.2, -0.15) is 26.3 Å². The molecule has 0 aliphatic rings. The Kier molecular flexibility index (Phi) is 27.3. The van der Waals surface area contributed by atoms with Crippen molar-refractivity contribution in [1.29, 1.82) is 0 Å². The highest BCUT2D eigenvalue weighted by Crippen LogP contribution is 2.24. The number of amides is 2. The number of hydrogen-bond donors (Lipinski definition) is 3. The summed E-state index contributed by atoms with van der Waals surface area (Å²) in [5.41, 5.74) is 0. The monoisotopic (exact) mass is 657 g/mol. The normalized spacial score (nSPS) is 12.4. The lowest BCUT2D eigenvalue weighted by molar-refractivity contribution is -0.173. The topological polar surface area (TPSA) is 70.2 Å². The molecule has 0 aliphatic carbocycles. The number of carbonyl (C=O) groups is 2. The Labute approximate surface area is 268 Å². The molecule has 0 atom stereocenters. The molecule has 0 radical (unpaired) electrons. The minimum atomic E-state index is -4.84. The number of halogens is 6. The van der Waals surface area contributed by atoms with Gasteiger partial charge in [0.15, 0.2) is 0 Å². The summed E-state index contributed by atoms with van der Waals surface area (Å²) in [7, 11) is 0. The summed E-state index contributed by atoms with van der Waals surface area (Å²) in [6, 6.07) is 0. The fourth-order valence-electron chi connectivity index (χ4n) is 5.33. The first kappa shape index (κ1) is 43.2. The van der Waals surface area contributed by atoms with Gasteiger partial charge in [0, 0.05) is 19.6 Å². The molecule has 0 saturated heterocycles. The van der Waals surface area contributed by atoms with Crippen LogP contribution in [0.4, 0.5) is 26.3 Å². The van der Waals surface area contributed by atoms with Crippen LogP contribution in [0.25, 0.3) is 0 Å². The van der Waals surface area contributed by atoms with Crippen LogP contribution in [-0.4, -0.2) is 50.3 Å². The Bertz CT molecular complexity index is 704. The average Bonchev–Trinajstić information content (AvgIpc) is 2.98. The molecule has 0 unspecified atom stereocenters. The predicted octanol–water partition coefficient (Wildman–Crippen LogP) is 9.71. The minimum absolute atomic E-state index is 0.0233. The van der Waals surface area contributed by atoms with E-state index in [-0.39, 0.29) is 13.1 Å². The van der Waals surface area contributed by atoms with Gasteiger partial charge in [0.1, 0.15) is 0 Å². The largest absolute Gasteiger partial charge is 0.471 e. The second kappa shape index (κ2) is 28.4. The second-order valence-corrected chi connectivity index (χ2v) is 12.2. The van der Waals surface area contributed by atoms with Gasteiger partial charge in [0.25, 0.3) is 0 Å². The van der Waals surface area contributed by atoms with Crippen molar-refractivity contribution >= 4 is 11.8 Å². The maximum atomic E-state index is 12.3. The van der Waals surface area contributed by atoms with Gasteiger partial charge in [0.2, 0.25) is 0 Å². The standard InChI is InChI=1S/C34H61F6N3O2/c1-2-3-4-5-6-7-8-12-19-26-41-27-20-13-9-16-23-30(24-17-10-14-21-28-42-31(44)33(35,36)37)25-18-11-15-22-29-43-32(45)34(38,39)40/h12,19,30,41H,2-11,13-18,20-29H2,1H3,(H,42,44)(H,43,45)/b19-12-. The molecule has 266 valence electrons. The van der Waals surface area contributed by atoms with E-state index in [2.05, 4.69) is 24.4 Å². The van der Waals surface area contributed by atoms with E-state index in [4.69, 9.17) is 0 Å². The number of unbranched alkanes of at least 4 members (excludes halogenated alkanes) is 15. The summed E-state index contributed by atoms with van der Waals surface area (Å²) in [5, 5.41) is 7.30. The van der Waals surface area contributed by atoms with Crippen molar-refractivity contribution in [3.63, 3.8) is 0 Å². The molecule has 0 aromatic heterocycles. The van der Waals surface area contributed by atoms with Crippen LogP contribution in [0.3, 0.4) is 0 Å². The molecule has 0 aromatic carbocycles. The summed E-state index contributed by atoms with van der Waals surface area (Å²) in [6.45, 7) is 4.21. The van der Waals surface area contributed by atoms with Crippen molar-refractivity contribution in [2.75, 3.05) is 26.2 Å². The maximum absolute atomic E-state index is 12.3. The van der Waals surface area contributed by atoms with Crippen molar-refractivity contribution in [2.45, 2.75) is 161 Å². The highest BCUT2D eigenvalue weighted by molar-refractivity contribution is 5.81. The zero-order chi connectivity index (χ0) is 33.7. The van der Waals surface area contributed by atoms with Crippen LogP contribution in [0.2, 0.25) is 0 Å². The number of rotatable bonds is 30. The van der Waals surface area contributed by atoms with Crippen molar-refractivity contribution in [3.05, 3.63) is 12.2 Å². The van der Waals surface area contributed by atoms with E-state index in [1.54, 1.807) is 0 Å². The lowest BCUT2D eigenvalue weighted by Crippen LogP contribution is -2.37. The molecule has 0 heterocycles. The van der Waals surface area contributed by atoms with Crippen LogP contribution < -0.4 is 16.0 Å². The summed E-state index contributed by atoms with van der Waals surface area (Å²) in [5.74, 6) is -3.23. The van der Waals surface area contributed by atoms with E-state index < -0.39 is 24.2 Å². The lowest BCUT2D eigenvalue weighted by atomic mass is 9.89. The van der Waals surface area contributed by atoms with Gasteiger partial charge in [-0.3, -0.25) is 9.59 Å². The molecule has 0 spiro atoms. The first-order chi connectivity index (χ1) is 21.5. The zero-order valence-corrected chi connectivity index (χ0v) is 27.7. The van der Waals surface area contributed by atoms with E-state index in [0.29, 0.717) is 18.8 Å². The van der Waals surface area contributed by atoms with Gasteiger partial charge in [0.05, 0.1) is 0 Å². The molecular weight excluding hydrogens is 596 g/mol. The number of hydrogen-bond acceptors (Lipinski definition) is 3.